The molecule has 1 aliphatic rings. The number of fused-ring (bicyclic) bond motifs is 2. The monoisotopic (exact) mass is 420 g/mol. The first-order valence-corrected chi connectivity index (χ1v) is 9.53. The van der Waals surface area contributed by atoms with E-state index in [4.69, 9.17) is 15.2 Å². The first-order chi connectivity index (χ1) is 14.7. The van der Waals surface area contributed by atoms with Crippen molar-refractivity contribution in [3.63, 3.8) is 0 Å². The predicted octanol–water partition coefficient (Wildman–Crippen LogP) is 4.26. The molecule has 6 nitrogen and oxygen atoms in total. The van der Waals surface area contributed by atoms with Crippen molar-refractivity contribution < 1.29 is 24.2 Å². The zero-order chi connectivity index (χ0) is 22.6. The number of hydrogen-bond acceptors (Lipinski definition) is 4. The molecule has 4 rings (SSSR count). The number of rotatable bonds is 3. The SMILES string of the molecule is CC1(C)Cc2c(F)cccc2C(c2cnc3ccccc3c2)=N1.O=C(O)/C=C/C(=O)O. The average molecular weight is 420 g/mol. The van der Waals surface area contributed by atoms with Crippen LogP contribution in [0.3, 0.4) is 0 Å². The summed E-state index contributed by atoms with van der Waals surface area (Å²) in [5.74, 6) is -2.67. The molecule has 2 aromatic carbocycles. The molecule has 158 valence electrons. The number of pyridine rings is 1. The summed E-state index contributed by atoms with van der Waals surface area (Å²) in [6.45, 7) is 4.08. The highest BCUT2D eigenvalue weighted by Gasteiger charge is 2.29. The average Bonchev–Trinajstić information content (AvgIpc) is 2.72. The number of carbonyl (C=O) groups is 2. The van der Waals surface area contributed by atoms with Crippen molar-refractivity contribution in [3.8, 4) is 0 Å². The van der Waals surface area contributed by atoms with E-state index in [1.165, 1.54) is 6.07 Å². The van der Waals surface area contributed by atoms with E-state index in [-0.39, 0.29) is 11.4 Å². The molecule has 3 aromatic rings. The molecule has 0 bridgehead atoms. The van der Waals surface area contributed by atoms with Gasteiger partial charge in [-0.15, -0.1) is 0 Å². The van der Waals surface area contributed by atoms with E-state index in [0.29, 0.717) is 18.6 Å². The largest absolute Gasteiger partial charge is 0.478 e. The van der Waals surface area contributed by atoms with Crippen LogP contribution >= 0.6 is 0 Å². The summed E-state index contributed by atoms with van der Waals surface area (Å²) in [4.78, 5) is 28.5. The number of aliphatic imine (C=N–C) groups is 1. The molecule has 31 heavy (non-hydrogen) atoms. The van der Waals surface area contributed by atoms with Gasteiger partial charge in [-0.05, 0) is 37.6 Å². The van der Waals surface area contributed by atoms with Gasteiger partial charge in [0.2, 0.25) is 0 Å². The lowest BCUT2D eigenvalue weighted by Gasteiger charge is -2.29. The molecule has 7 heteroatoms. The normalized spacial score (nSPS) is 14.4. The van der Waals surface area contributed by atoms with Crippen LogP contribution in [-0.4, -0.2) is 38.4 Å². The Kier molecular flexibility index (Phi) is 6.25. The van der Waals surface area contributed by atoms with Crippen LogP contribution in [0.15, 0.2) is 71.9 Å². The van der Waals surface area contributed by atoms with E-state index in [0.717, 1.165) is 33.3 Å². The summed E-state index contributed by atoms with van der Waals surface area (Å²) in [7, 11) is 0. The second-order valence-corrected chi connectivity index (χ2v) is 7.64. The van der Waals surface area contributed by atoms with Gasteiger partial charge in [0.05, 0.1) is 16.8 Å². The summed E-state index contributed by atoms with van der Waals surface area (Å²) >= 11 is 0. The Morgan fingerprint density at radius 1 is 1.03 bits per heavy atom. The van der Waals surface area contributed by atoms with E-state index < -0.39 is 11.9 Å². The van der Waals surface area contributed by atoms with Crippen LogP contribution in [0, 0.1) is 5.82 Å². The Morgan fingerprint density at radius 3 is 2.39 bits per heavy atom. The number of carboxylic acids is 2. The molecular formula is C24H21FN2O4. The molecule has 1 aliphatic heterocycles. The maximum atomic E-state index is 14.3. The maximum absolute atomic E-state index is 14.3. The Bertz CT molecular complexity index is 1200. The van der Waals surface area contributed by atoms with Crippen LogP contribution in [0.5, 0.6) is 0 Å². The highest BCUT2D eigenvalue weighted by molar-refractivity contribution is 6.15. The zero-order valence-electron chi connectivity index (χ0n) is 17.0. The predicted molar refractivity (Wildman–Crippen MR) is 116 cm³/mol. The first-order valence-electron chi connectivity index (χ1n) is 9.53. The summed E-state index contributed by atoms with van der Waals surface area (Å²) in [6, 6.07) is 15.3. The molecule has 0 amide bonds. The quantitative estimate of drug-likeness (QED) is 0.617. The molecule has 0 atom stereocenters. The fraction of sp³-hybridized carbons (Fsp3) is 0.167. The highest BCUT2D eigenvalue weighted by atomic mass is 19.1. The van der Waals surface area contributed by atoms with E-state index in [1.54, 1.807) is 6.07 Å². The van der Waals surface area contributed by atoms with Gasteiger partial charge in [0, 0.05) is 41.3 Å². The van der Waals surface area contributed by atoms with Gasteiger partial charge in [-0.25, -0.2) is 14.0 Å². The minimum Gasteiger partial charge on any atom is -0.478 e. The molecule has 0 spiro atoms. The third-order valence-electron chi connectivity index (χ3n) is 4.63. The fourth-order valence-electron chi connectivity index (χ4n) is 3.36. The van der Waals surface area contributed by atoms with Crippen LogP contribution < -0.4 is 0 Å². The Morgan fingerprint density at radius 2 is 1.71 bits per heavy atom. The third-order valence-corrected chi connectivity index (χ3v) is 4.63. The number of aromatic nitrogens is 1. The molecule has 0 radical (unpaired) electrons. The molecule has 0 fully saturated rings. The van der Waals surface area contributed by atoms with Gasteiger partial charge < -0.3 is 10.2 Å². The molecule has 0 aliphatic carbocycles. The number of carboxylic acid groups (broad SMARTS) is 2. The van der Waals surface area contributed by atoms with Crippen LogP contribution in [-0.2, 0) is 16.0 Å². The van der Waals surface area contributed by atoms with Crippen molar-refractivity contribution in [2.45, 2.75) is 25.8 Å². The Hall–Kier alpha value is -3.87. The number of para-hydroxylation sites is 1. The van der Waals surface area contributed by atoms with Crippen LogP contribution in [0.25, 0.3) is 10.9 Å². The van der Waals surface area contributed by atoms with Gasteiger partial charge in [0.1, 0.15) is 5.82 Å². The molecule has 0 unspecified atom stereocenters. The molecule has 0 saturated carbocycles. The molecule has 1 aromatic heterocycles. The van der Waals surface area contributed by atoms with E-state index in [9.17, 15) is 14.0 Å². The van der Waals surface area contributed by atoms with Crippen molar-refractivity contribution in [2.24, 2.45) is 4.99 Å². The summed E-state index contributed by atoms with van der Waals surface area (Å²) < 4.78 is 14.3. The lowest BCUT2D eigenvalue weighted by atomic mass is 9.85. The van der Waals surface area contributed by atoms with Crippen LogP contribution in [0.2, 0.25) is 0 Å². The standard InChI is InChI=1S/C20H17FN2.C4H4O4/c1-20(2)11-16-15(7-5-8-17(16)21)19(23-20)14-10-13-6-3-4-9-18(13)22-12-14;5-3(6)1-2-4(7)8/h3-10,12H,11H2,1-2H3;1-2H,(H,5,6)(H,7,8)/b;2-1+. The van der Waals surface area contributed by atoms with Gasteiger partial charge in [-0.2, -0.15) is 0 Å². The smallest absolute Gasteiger partial charge is 0.328 e. The van der Waals surface area contributed by atoms with Crippen molar-refractivity contribution in [2.75, 3.05) is 0 Å². The van der Waals surface area contributed by atoms with E-state index in [2.05, 4.69) is 11.1 Å². The zero-order valence-corrected chi connectivity index (χ0v) is 17.0. The lowest BCUT2D eigenvalue weighted by Crippen LogP contribution is -2.30. The van der Waals surface area contributed by atoms with Crippen molar-refractivity contribution in [1.82, 2.24) is 4.98 Å². The lowest BCUT2D eigenvalue weighted by molar-refractivity contribution is -0.134. The summed E-state index contributed by atoms with van der Waals surface area (Å²) in [6.07, 6.45) is 3.56. The Balaban J connectivity index is 0.000000293. The van der Waals surface area contributed by atoms with E-state index >= 15 is 0 Å². The Labute approximate surface area is 178 Å². The molecule has 0 saturated heterocycles. The number of nitrogens with zero attached hydrogens (tertiary/aromatic N) is 2. The van der Waals surface area contributed by atoms with Gasteiger partial charge in [-0.1, -0.05) is 30.3 Å². The molecule has 2 N–H and O–H groups in total. The third kappa shape index (κ3) is 5.39. The van der Waals surface area contributed by atoms with Gasteiger partial charge in [0.25, 0.3) is 0 Å². The van der Waals surface area contributed by atoms with Crippen LogP contribution in [0.4, 0.5) is 4.39 Å². The van der Waals surface area contributed by atoms with Gasteiger partial charge in [-0.3, -0.25) is 9.98 Å². The van der Waals surface area contributed by atoms with Crippen molar-refractivity contribution in [3.05, 3.63) is 89.4 Å². The number of hydrogen-bond donors (Lipinski definition) is 2. The summed E-state index contributed by atoms with van der Waals surface area (Å²) in [5.41, 5.74) is 4.01. The highest BCUT2D eigenvalue weighted by Crippen LogP contribution is 2.31. The minimum absolute atomic E-state index is 0.156. The fourth-order valence-corrected chi connectivity index (χ4v) is 3.36. The molecular weight excluding hydrogens is 399 g/mol. The molecule has 2 heterocycles. The van der Waals surface area contributed by atoms with Crippen molar-refractivity contribution in [1.29, 1.82) is 0 Å². The summed E-state index contributed by atoms with van der Waals surface area (Å²) in [5, 5.41) is 16.7. The van der Waals surface area contributed by atoms with Gasteiger partial charge in [0.15, 0.2) is 0 Å². The van der Waals surface area contributed by atoms with Gasteiger partial charge >= 0.3 is 11.9 Å². The minimum atomic E-state index is -1.26. The number of aliphatic carboxylic acids is 2. The van der Waals surface area contributed by atoms with Crippen molar-refractivity contribution >= 4 is 28.6 Å². The maximum Gasteiger partial charge on any atom is 0.328 e. The van der Waals surface area contributed by atoms with Crippen LogP contribution in [0.1, 0.15) is 30.5 Å². The number of halogens is 1. The second kappa shape index (κ2) is 8.87. The first kappa shape index (κ1) is 21.8. The van der Waals surface area contributed by atoms with E-state index in [1.807, 2.05) is 50.4 Å². The second-order valence-electron chi connectivity index (χ2n) is 7.64. The topological polar surface area (TPSA) is 99.9 Å². The number of benzene rings is 2.